The van der Waals surface area contributed by atoms with Crippen LogP contribution >= 0.6 is 11.3 Å². The van der Waals surface area contributed by atoms with Gasteiger partial charge in [-0.25, -0.2) is 15.0 Å². The summed E-state index contributed by atoms with van der Waals surface area (Å²) < 4.78 is 17.1. The second-order valence-corrected chi connectivity index (χ2v) is 11.7. The third kappa shape index (κ3) is 6.60. The van der Waals surface area contributed by atoms with E-state index in [9.17, 15) is 4.79 Å². The summed E-state index contributed by atoms with van der Waals surface area (Å²) in [5.41, 5.74) is 8.62. The lowest BCUT2D eigenvalue weighted by molar-refractivity contribution is -0.126. The summed E-state index contributed by atoms with van der Waals surface area (Å²) in [6.45, 7) is 7.07. The van der Waals surface area contributed by atoms with Gasteiger partial charge in [0.05, 0.1) is 30.9 Å². The van der Waals surface area contributed by atoms with Crippen LogP contribution in [-0.2, 0) is 25.6 Å². The predicted molar refractivity (Wildman–Crippen MR) is 156 cm³/mol. The number of carbonyl (C=O) groups excluding carboxylic acids is 1. The molecule has 10 nitrogen and oxygen atoms in total. The fourth-order valence-electron chi connectivity index (χ4n) is 5.46. The van der Waals surface area contributed by atoms with Crippen LogP contribution in [0.4, 0.5) is 5.13 Å². The van der Waals surface area contributed by atoms with Crippen LogP contribution in [0, 0.1) is 5.92 Å². The van der Waals surface area contributed by atoms with Crippen LogP contribution in [-0.4, -0.2) is 70.9 Å². The molecule has 216 valence electrons. The van der Waals surface area contributed by atoms with Gasteiger partial charge < -0.3 is 25.3 Å². The maximum absolute atomic E-state index is 13.0. The van der Waals surface area contributed by atoms with Crippen molar-refractivity contribution in [1.82, 2.24) is 19.9 Å². The number of amides is 1. The highest BCUT2D eigenvalue weighted by Gasteiger charge is 2.40. The minimum absolute atomic E-state index is 0.00753. The molecule has 2 unspecified atom stereocenters. The number of ether oxygens (including phenoxy) is 3. The molecule has 1 aliphatic heterocycles. The van der Waals surface area contributed by atoms with Gasteiger partial charge >= 0.3 is 0 Å². The van der Waals surface area contributed by atoms with Crippen LogP contribution in [0.25, 0.3) is 17.4 Å². The Labute approximate surface area is 240 Å². The molecule has 5 rings (SSSR count). The number of hydrogen-bond acceptors (Lipinski definition) is 10. The SMILES string of the molecule is CCCCC(N)OCc1ncc(C2=C(OC)c3sc(NC(=O)C4CC(N5CCOCC5C)C4)nc3C=CC2)cn1. The number of nitrogens with one attached hydrogen (secondary N) is 1. The van der Waals surface area contributed by atoms with Gasteiger partial charge in [-0.15, -0.1) is 0 Å². The van der Waals surface area contributed by atoms with E-state index >= 15 is 0 Å². The van der Waals surface area contributed by atoms with Crippen LogP contribution in [0.5, 0.6) is 0 Å². The van der Waals surface area contributed by atoms with Crippen LogP contribution in [0.1, 0.15) is 74.3 Å². The number of morpholine rings is 1. The molecule has 0 aromatic carbocycles. The van der Waals surface area contributed by atoms with Gasteiger partial charge in [-0.05, 0) is 45.1 Å². The largest absolute Gasteiger partial charge is 0.495 e. The first kappa shape index (κ1) is 28.8. The van der Waals surface area contributed by atoms with Gasteiger partial charge in [0.15, 0.2) is 11.0 Å². The Hall–Kier alpha value is -2.70. The summed E-state index contributed by atoms with van der Waals surface area (Å²) in [7, 11) is 1.66. The van der Waals surface area contributed by atoms with E-state index in [4.69, 9.17) is 24.9 Å². The topological polar surface area (TPSA) is 125 Å². The van der Waals surface area contributed by atoms with E-state index in [1.54, 1.807) is 19.5 Å². The van der Waals surface area contributed by atoms with E-state index in [0.717, 1.165) is 79.3 Å². The highest BCUT2D eigenvalue weighted by Crippen LogP contribution is 2.40. The average Bonchev–Trinajstić information content (AvgIpc) is 3.24. The average molecular weight is 569 g/mol. The van der Waals surface area contributed by atoms with Gasteiger partial charge in [0.2, 0.25) is 5.91 Å². The fourth-order valence-corrected chi connectivity index (χ4v) is 6.47. The smallest absolute Gasteiger partial charge is 0.229 e. The Morgan fingerprint density at radius 2 is 2.12 bits per heavy atom. The molecule has 1 saturated heterocycles. The first-order valence-corrected chi connectivity index (χ1v) is 15.1. The molecule has 0 bridgehead atoms. The van der Waals surface area contributed by atoms with Crippen molar-refractivity contribution in [3.63, 3.8) is 0 Å². The number of methoxy groups -OCH3 is 1. The van der Waals surface area contributed by atoms with E-state index in [-0.39, 0.29) is 24.7 Å². The van der Waals surface area contributed by atoms with Gasteiger partial charge in [-0.3, -0.25) is 9.69 Å². The quantitative estimate of drug-likeness (QED) is 0.382. The van der Waals surface area contributed by atoms with Crippen LogP contribution in [0.2, 0.25) is 0 Å². The van der Waals surface area contributed by atoms with Crippen molar-refractivity contribution >= 4 is 39.8 Å². The molecule has 3 heterocycles. The number of carbonyl (C=O) groups is 1. The van der Waals surface area contributed by atoms with E-state index in [2.05, 4.69) is 40.1 Å². The fraction of sp³-hybridized carbons (Fsp3) is 0.586. The second-order valence-electron chi connectivity index (χ2n) is 10.7. The lowest BCUT2D eigenvalue weighted by atomic mass is 9.78. The van der Waals surface area contributed by atoms with Gasteiger partial charge in [0, 0.05) is 48.1 Å². The molecule has 0 radical (unpaired) electrons. The number of thiazole rings is 1. The molecule has 3 N–H and O–H groups in total. The maximum atomic E-state index is 13.0. The number of rotatable bonds is 11. The Morgan fingerprint density at radius 3 is 2.85 bits per heavy atom. The van der Waals surface area contributed by atoms with Crippen molar-refractivity contribution in [1.29, 1.82) is 0 Å². The Bertz CT molecular complexity index is 1220. The molecule has 3 aliphatic rings. The maximum Gasteiger partial charge on any atom is 0.229 e. The van der Waals surface area contributed by atoms with Crippen molar-refractivity contribution in [3.05, 3.63) is 40.4 Å². The minimum Gasteiger partial charge on any atom is -0.495 e. The number of anilines is 1. The van der Waals surface area contributed by atoms with E-state index in [0.29, 0.717) is 29.5 Å². The van der Waals surface area contributed by atoms with Gasteiger partial charge in [-0.2, -0.15) is 0 Å². The highest BCUT2D eigenvalue weighted by atomic mass is 32.1. The van der Waals surface area contributed by atoms with Crippen LogP contribution < -0.4 is 11.1 Å². The predicted octanol–water partition coefficient (Wildman–Crippen LogP) is 4.29. The number of hydrogen-bond donors (Lipinski definition) is 2. The zero-order valence-electron chi connectivity index (χ0n) is 23.6. The summed E-state index contributed by atoms with van der Waals surface area (Å²) in [6, 6.07) is 0.857. The number of unbranched alkanes of at least 4 members (excludes halogenated alkanes) is 1. The summed E-state index contributed by atoms with van der Waals surface area (Å²) in [5, 5.41) is 3.65. The summed E-state index contributed by atoms with van der Waals surface area (Å²) in [4.78, 5) is 30.1. The molecule has 40 heavy (non-hydrogen) atoms. The first-order valence-electron chi connectivity index (χ1n) is 14.2. The van der Waals surface area contributed by atoms with Gasteiger partial charge in [0.1, 0.15) is 18.6 Å². The molecular weight excluding hydrogens is 528 g/mol. The zero-order valence-corrected chi connectivity index (χ0v) is 24.4. The standard InChI is InChI=1S/C29H40N6O4S/c1-4-5-9-24(30)39-17-25-31-14-20(15-32-25)22-7-6-8-23-27(26(22)37-3)40-29(33-23)34-28(36)19-12-21(13-19)35-10-11-38-16-18(35)2/h6,8,14-15,18-19,21,24H,4-5,7,9-13,16-17,30H2,1-3H3,(H,33,34,36). The van der Waals surface area contributed by atoms with Crippen molar-refractivity contribution in [2.24, 2.45) is 11.7 Å². The molecule has 2 atom stereocenters. The lowest BCUT2D eigenvalue weighted by Crippen LogP contribution is -2.55. The molecule has 2 aromatic heterocycles. The third-order valence-corrected chi connectivity index (χ3v) is 8.85. The van der Waals surface area contributed by atoms with Crippen molar-refractivity contribution < 1.29 is 19.0 Å². The third-order valence-electron chi connectivity index (χ3n) is 7.86. The number of aromatic nitrogens is 3. The normalized spacial score (nSPS) is 23.8. The van der Waals surface area contributed by atoms with Gasteiger partial charge in [0.25, 0.3) is 0 Å². The Morgan fingerprint density at radius 1 is 1.32 bits per heavy atom. The molecule has 0 spiro atoms. The van der Waals surface area contributed by atoms with Crippen LogP contribution in [0.15, 0.2) is 18.5 Å². The number of fused-ring (bicyclic) bond motifs is 1. The molecular formula is C29H40N6O4S. The van der Waals surface area contributed by atoms with E-state index < -0.39 is 0 Å². The molecule has 2 aliphatic carbocycles. The molecule has 2 fully saturated rings. The van der Waals surface area contributed by atoms with Crippen molar-refractivity contribution in [2.75, 3.05) is 32.2 Å². The minimum atomic E-state index is -0.309. The summed E-state index contributed by atoms with van der Waals surface area (Å²) in [6.07, 6.45) is 12.6. The first-order chi connectivity index (χ1) is 19.5. The molecule has 1 saturated carbocycles. The summed E-state index contributed by atoms with van der Waals surface area (Å²) in [5.74, 6) is 1.35. The molecule has 2 aromatic rings. The zero-order chi connectivity index (χ0) is 28.1. The molecule has 11 heteroatoms. The van der Waals surface area contributed by atoms with Crippen molar-refractivity contribution in [2.45, 2.75) is 77.3 Å². The van der Waals surface area contributed by atoms with Crippen LogP contribution in [0.3, 0.4) is 0 Å². The molecule has 1 amide bonds. The number of nitrogens with zero attached hydrogens (tertiary/aromatic N) is 4. The second kappa shape index (κ2) is 13.3. The monoisotopic (exact) mass is 568 g/mol. The van der Waals surface area contributed by atoms with E-state index in [1.165, 1.54) is 11.3 Å². The number of nitrogens with two attached hydrogens (primary N) is 1. The number of allylic oxidation sites excluding steroid dienone is 2. The highest BCUT2D eigenvalue weighted by molar-refractivity contribution is 7.17. The lowest BCUT2D eigenvalue weighted by Gasteiger charge is -2.46. The Kier molecular flexibility index (Phi) is 9.59. The van der Waals surface area contributed by atoms with E-state index in [1.807, 2.05) is 6.08 Å². The van der Waals surface area contributed by atoms with Gasteiger partial charge in [-0.1, -0.05) is 30.8 Å². The summed E-state index contributed by atoms with van der Waals surface area (Å²) >= 11 is 1.43. The van der Waals surface area contributed by atoms with Crippen molar-refractivity contribution in [3.8, 4) is 0 Å². The Balaban J connectivity index is 1.23.